The van der Waals surface area contributed by atoms with Gasteiger partial charge >= 0.3 is 0 Å². The number of likely N-dealkylation sites (N-methyl/N-ethyl adjacent to an activating group) is 1. The normalized spacial score (nSPS) is 17.1. The van der Waals surface area contributed by atoms with Crippen LogP contribution in [-0.4, -0.2) is 45.3 Å². The number of morpholine rings is 1. The van der Waals surface area contributed by atoms with Crippen LogP contribution in [0.15, 0.2) is 47.1 Å². The lowest BCUT2D eigenvalue weighted by atomic mass is 10.2. The molecular formula is C19H26N3O3+. The number of anilines is 2. The molecule has 6 nitrogen and oxygen atoms in total. The van der Waals surface area contributed by atoms with Gasteiger partial charge in [-0.1, -0.05) is 0 Å². The minimum atomic E-state index is -0.177. The summed E-state index contributed by atoms with van der Waals surface area (Å²) in [7, 11) is 1.99. The van der Waals surface area contributed by atoms with E-state index in [0.29, 0.717) is 6.54 Å². The fourth-order valence-corrected chi connectivity index (χ4v) is 2.89. The molecule has 2 N–H and O–H groups in total. The third-order valence-electron chi connectivity index (χ3n) is 4.68. The summed E-state index contributed by atoms with van der Waals surface area (Å²) in [6.45, 7) is 5.95. The Labute approximate surface area is 148 Å². The lowest BCUT2D eigenvalue weighted by Crippen LogP contribution is -3.12. The minimum Gasteiger partial charge on any atom is -0.463 e. The van der Waals surface area contributed by atoms with E-state index in [1.165, 1.54) is 0 Å². The lowest BCUT2D eigenvalue weighted by Gasteiger charge is -2.29. The van der Waals surface area contributed by atoms with Gasteiger partial charge in [0.1, 0.15) is 6.54 Å². The molecule has 1 saturated heterocycles. The zero-order chi connectivity index (χ0) is 17.6. The first-order valence-electron chi connectivity index (χ1n) is 8.72. The topological polar surface area (TPSA) is 59.2 Å². The molecule has 0 radical (unpaired) electrons. The third kappa shape index (κ3) is 4.61. The molecule has 134 valence electrons. The number of carbonyl (C=O) groups is 1. The van der Waals surface area contributed by atoms with E-state index in [4.69, 9.17) is 9.15 Å². The number of ether oxygens (including phenoxy) is 1. The van der Waals surface area contributed by atoms with Gasteiger partial charge in [-0.05, 0) is 43.3 Å². The van der Waals surface area contributed by atoms with Crippen molar-refractivity contribution in [3.05, 3.63) is 48.4 Å². The van der Waals surface area contributed by atoms with E-state index in [-0.39, 0.29) is 11.9 Å². The van der Waals surface area contributed by atoms with Gasteiger partial charge in [0.05, 0.1) is 26.5 Å². The Morgan fingerprint density at radius 1 is 1.24 bits per heavy atom. The van der Waals surface area contributed by atoms with Crippen molar-refractivity contribution in [1.29, 1.82) is 0 Å². The molecule has 0 spiro atoms. The average molecular weight is 344 g/mol. The van der Waals surface area contributed by atoms with Crippen LogP contribution in [0, 0.1) is 0 Å². The van der Waals surface area contributed by atoms with Gasteiger partial charge in [0, 0.05) is 24.5 Å². The van der Waals surface area contributed by atoms with Crippen molar-refractivity contribution in [3.8, 4) is 0 Å². The van der Waals surface area contributed by atoms with Crippen LogP contribution < -0.4 is 15.1 Å². The van der Waals surface area contributed by atoms with E-state index < -0.39 is 0 Å². The molecule has 25 heavy (non-hydrogen) atoms. The van der Waals surface area contributed by atoms with Gasteiger partial charge in [-0.25, -0.2) is 0 Å². The summed E-state index contributed by atoms with van der Waals surface area (Å²) in [5.41, 5.74) is 1.98. The summed E-state index contributed by atoms with van der Waals surface area (Å²) < 4.78 is 10.7. The van der Waals surface area contributed by atoms with Gasteiger partial charge in [0.15, 0.2) is 11.8 Å². The number of nitrogens with one attached hydrogen (secondary N) is 2. The first-order valence-corrected chi connectivity index (χ1v) is 8.72. The summed E-state index contributed by atoms with van der Waals surface area (Å²) in [4.78, 5) is 15.9. The Bertz CT molecular complexity index is 664. The monoisotopic (exact) mass is 344 g/mol. The smallest absolute Gasteiger partial charge is 0.282 e. The molecule has 2 aromatic rings. The number of amides is 1. The van der Waals surface area contributed by atoms with Crippen LogP contribution in [0.3, 0.4) is 0 Å². The van der Waals surface area contributed by atoms with Crippen LogP contribution in [0.4, 0.5) is 11.4 Å². The lowest BCUT2D eigenvalue weighted by molar-refractivity contribution is -0.908. The van der Waals surface area contributed by atoms with Crippen LogP contribution in [-0.2, 0) is 16.1 Å². The Balaban J connectivity index is 1.54. The van der Waals surface area contributed by atoms with Crippen molar-refractivity contribution in [2.75, 3.05) is 43.6 Å². The number of furan rings is 1. The summed E-state index contributed by atoms with van der Waals surface area (Å²) in [5.74, 6) is 0.884. The van der Waals surface area contributed by atoms with E-state index >= 15 is 0 Å². The third-order valence-corrected chi connectivity index (χ3v) is 4.68. The molecule has 1 unspecified atom stereocenters. The summed E-state index contributed by atoms with van der Waals surface area (Å²) in [6, 6.07) is 11.6. The second kappa shape index (κ2) is 8.18. The standard InChI is InChI=1S/C19H25N3O3/c1-15(21(2)14-18-4-3-11-25-18)19(23)20-16-5-7-17(8-6-16)22-9-12-24-13-10-22/h3-8,11,15H,9-10,12-14H2,1-2H3,(H,20,23)/p+1/t15-/m1/s1. The number of rotatable bonds is 6. The van der Waals surface area contributed by atoms with E-state index in [1.54, 1.807) is 6.26 Å². The summed E-state index contributed by atoms with van der Waals surface area (Å²) in [5, 5.41) is 3.00. The highest BCUT2D eigenvalue weighted by molar-refractivity contribution is 5.93. The maximum atomic E-state index is 12.5. The van der Waals surface area contributed by atoms with Crippen molar-refractivity contribution >= 4 is 17.3 Å². The highest BCUT2D eigenvalue weighted by atomic mass is 16.5. The van der Waals surface area contributed by atoms with Crippen molar-refractivity contribution < 1.29 is 18.8 Å². The highest BCUT2D eigenvalue weighted by Crippen LogP contribution is 2.19. The van der Waals surface area contributed by atoms with Gasteiger partial charge in [0.25, 0.3) is 5.91 Å². The molecule has 1 aliphatic rings. The second-order valence-electron chi connectivity index (χ2n) is 6.46. The Morgan fingerprint density at radius 2 is 1.96 bits per heavy atom. The minimum absolute atomic E-state index is 0.00294. The van der Waals surface area contributed by atoms with Gasteiger partial charge < -0.3 is 24.3 Å². The average Bonchev–Trinajstić information content (AvgIpc) is 3.15. The zero-order valence-electron chi connectivity index (χ0n) is 14.8. The van der Waals surface area contributed by atoms with Crippen molar-refractivity contribution in [1.82, 2.24) is 0 Å². The fourth-order valence-electron chi connectivity index (χ4n) is 2.89. The second-order valence-corrected chi connectivity index (χ2v) is 6.46. The van der Waals surface area contributed by atoms with Crippen molar-refractivity contribution in [3.63, 3.8) is 0 Å². The van der Waals surface area contributed by atoms with Crippen LogP contribution in [0.1, 0.15) is 12.7 Å². The van der Waals surface area contributed by atoms with E-state index in [1.807, 2.05) is 50.4 Å². The molecule has 6 heteroatoms. The Hall–Kier alpha value is -2.31. The fraction of sp³-hybridized carbons (Fsp3) is 0.421. The van der Waals surface area contributed by atoms with Gasteiger partial charge in [-0.15, -0.1) is 0 Å². The highest BCUT2D eigenvalue weighted by Gasteiger charge is 2.23. The largest absolute Gasteiger partial charge is 0.463 e. The predicted molar refractivity (Wildman–Crippen MR) is 96.9 cm³/mol. The molecule has 1 aliphatic heterocycles. The summed E-state index contributed by atoms with van der Waals surface area (Å²) >= 11 is 0. The molecule has 0 saturated carbocycles. The van der Waals surface area contributed by atoms with Crippen molar-refractivity contribution in [2.45, 2.75) is 19.5 Å². The van der Waals surface area contributed by atoms with Crippen LogP contribution >= 0.6 is 0 Å². The SMILES string of the molecule is C[C@H](C(=O)Nc1ccc(N2CCOCC2)cc1)[NH+](C)Cc1ccco1. The molecule has 1 amide bonds. The molecule has 2 heterocycles. The number of nitrogens with zero attached hydrogens (tertiary/aromatic N) is 1. The van der Waals surface area contributed by atoms with E-state index in [9.17, 15) is 4.79 Å². The van der Waals surface area contributed by atoms with Gasteiger partial charge in [-0.2, -0.15) is 0 Å². The van der Waals surface area contributed by atoms with Crippen molar-refractivity contribution in [2.24, 2.45) is 0 Å². The molecule has 1 aromatic heterocycles. The van der Waals surface area contributed by atoms with Crippen LogP contribution in [0.5, 0.6) is 0 Å². The zero-order valence-corrected chi connectivity index (χ0v) is 14.8. The molecule has 0 bridgehead atoms. The number of hydrogen-bond donors (Lipinski definition) is 2. The van der Waals surface area contributed by atoms with E-state index in [2.05, 4.69) is 10.2 Å². The number of benzene rings is 1. The molecule has 1 fully saturated rings. The number of carbonyl (C=O) groups excluding carboxylic acids is 1. The maximum absolute atomic E-state index is 12.5. The van der Waals surface area contributed by atoms with Crippen LogP contribution in [0.25, 0.3) is 0 Å². The maximum Gasteiger partial charge on any atom is 0.282 e. The molecule has 0 aliphatic carbocycles. The Kier molecular flexibility index (Phi) is 5.73. The quantitative estimate of drug-likeness (QED) is 0.826. The first-order chi connectivity index (χ1) is 12.1. The predicted octanol–water partition coefficient (Wildman–Crippen LogP) is 1.16. The first kappa shape index (κ1) is 17.5. The summed E-state index contributed by atoms with van der Waals surface area (Å²) in [6.07, 6.45) is 1.66. The molecule has 3 rings (SSSR count). The molecule has 1 aromatic carbocycles. The van der Waals surface area contributed by atoms with Gasteiger partial charge in [-0.3, -0.25) is 4.79 Å². The van der Waals surface area contributed by atoms with Crippen LogP contribution in [0.2, 0.25) is 0 Å². The molecular weight excluding hydrogens is 318 g/mol. The van der Waals surface area contributed by atoms with Gasteiger partial charge in [0.2, 0.25) is 0 Å². The molecule has 2 atom stereocenters. The van der Waals surface area contributed by atoms with E-state index in [0.717, 1.165) is 48.3 Å². The Morgan fingerprint density at radius 3 is 2.60 bits per heavy atom. The number of hydrogen-bond acceptors (Lipinski definition) is 4. The number of quaternary nitrogens is 1.